The van der Waals surface area contributed by atoms with E-state index >= 15 is 0 Å². The predicted octanol–water partition coefficient (Wildman–Crippen LogP) is 3.64. The van der Waals surface area contributed by atoms with E-state index in [9.17, 15) is 0 Å². The van der Waals surface area contributed by atoms with E-state index in [1.165, 1.54) is 15.6 Å². The summed E-state index contributed by atoms with van der Waals surface area (Å²) in [5.74, 6) is 1.09. The molecule has 3 nitrogen and oxygen atoms in total. The Kier molecular flexibility index (Phi) is 3.85. The zero-order valence-corrected chi connectivity index (χ0v) is 12.7. The second-order valence-electron chi connectivity index (χ2n) is 5.26. The van der Waals surface area contributed by atoms with E-state index in [2.05, 4.69) is 64.6 Å². The summed E-state index contributed by atoms with van der Waals surface area (Å²) in [4.78, 5) is 4.45. The molecule has 0 spiro atoms. The monoisotopic (exact) mass is 285 g/mol. The highest BCUT2D eigenvalue weighted by molar-refractivity contribution is 7.17. The van der Waals surface area contributed by atoms with Crippen LogP contribution in [0.3, 0.4) is 0 Å². The molecule has 2 heterocycles. The molecule has 2 aromatic heterocycles. The molecule has 0 atom stereocenters. The molecule has 0 unspecified atom stereocenters. The molecule has 3 aromatic rings. The van der Waals surface area contributed by atoms with Gasteiger partial charge in [0.2, 0.25) is 0 Å². The summed E-state index contributed by atoms with van der Waals surface area (Å²) < 4.78 is 3.58. The molecule has 0 aliphatic heterocycles. The SMILES string of the molecule is CC(C)NCc1nccn1Cc1csc2ccccc12. The lowest BCUT2D eigenvalue weighted by atomic mass is 10.2. The molecule has 0 bridgehead atoms. The maximum Gasteiger partial charge on any atom is 0.122 e. The van der Waals surface area contributed by atoms with Gasteiger partial charge in [-0.3, -0.25) is 0 Å². The van der Waals surface area contributed by atoms with E-state index in [-0.39, 0.29) is 0 Å². The standard InChI is InChI=1S/C16H19N3S/c1-12(2)18-9-16-17-7-8-19(16)10-13-11-20-15-6-4-3-5-14(13)15/h3-8,11-12,18H,9-10H2,1-2H3. The highest BCUT2D eigenvalue weighted by Crippen LogP contribution is 2.26. The zero-order chi connectivity index (χ0) is 13.9. The molecule has 3 rings (SSSR count). The number of rotatable bonds is 5. The van der Waals surface area contributed by atoms with E-state index in [1.807, 2.05) is 17.5 Å². The maximum absolute atomic E-state index is 4.45. The third kappa shape index (κ3) is 2.76. The molecule has 104 valence electrons. The van der Waals surface area contributed by atoms with Crippen molar-refractivity contribution in [3.05, 3.63) is 53.4 Å². The Bertz CT molecular complexity index is 696. The van der Waals surface area contributed by atoms with Gasteiger partial charge < -0.3 is 9.88 Å². The average Bonchev–Trinajstić information content (AvgIpc) is 3.05. The van der Waals surface area contributed by atoms with E-state index in [1.54, 1.807) is 0 Å². The Hall–Kier alpha value is -1.65. The molecule has 1 aromatic carbocycles. The fraction of sp³-hybridized carbons (Fsp3) is 0.312. The number of aromatic nitrogens is 2. The summed E-state index contributed by atoms with van der Waals surface area (Å²) in [5, 5.41) is 7.03. The Balaban J connectivity index is 1.83. The van der Waals surface area contributed by atoms with Crippen molar-refractivity contribution in [2.24, 2.45) is 0 Å². The molecule has 4 heteroatoms. The minimum Gasteiger partial charge on any atom is -0.329 e. The van der Waals surface area contributed by atoms with Gasteiger partial charge in [0.05, 0.1) is 13.1 Å². The Morgan fingerprint density at radius 1 is 1.30 bits per heavy atom. The van der Waals surface area contributed by atoms with Crippen LogP contribution < -0.4 is 5.32 Å². The number of imidazole rings is 1. The maximum atomic E-state index is 4.45. The molecular weight excluding hydrogens is 266 g/mol. The molecule has 0 saturated carbocycles. The van der Waals surface area contributed by atoms with Crippen LogP contribution in [-0.2, 0) is 13.1 Å². The Morgan fingerprint density at radius 2 is 2.15 bits per heavy atom. The molecular formula is C16H19N3S. The van der Waals surface area contributed by atoms with Crippen molar-refractivity contribution in [1.29, 1.82) is 0 Å². The van der Waals surface area contributed by atoms with Crippen molar-refractivity contribution in [2.75, 3.05) is 0 Å². The van der Waals surface area contributed by atoms with Gasteiger partial charge in [0.1, 0.15) is 5.82 Å². The van der Waals surface area contributed by atoms with E-state index in [0.717, 1.165) is 18.9 Å². The van der Waals surface area contributed by atoms with E-state index in [4.69, 9.17) is 0 Å². The van der Waals surface area contributed by atoms with Gasteiger partial charge in [0, 0.05) is 23.1 Å². The lowest BCUT2D eigenvalue weighted by Gasteiger charge is -2.10. The van der Waals surface area contributed by atoms with Gasteiger partial charge in [0.25, 0.3) is 0 Å². The summed E-state index contributed by atoms with van der Waals surface area (Å²) >= 11 is 1.81. The van der Waals surface area contributed by atoms with Crippen LogP contribution in [0.2, 0.25) is 0 Å². The van der Waals surface area contributed by atoms with Gasteiger partial charge in [-0.05, 0) is 22.4 Å². The van der Waals surface area contributed by atoms with Crippen molar-refractivity contribution < 1.29 is 0 Å². The second kappa shape index (κ2) is 5.77. The summed E-state index contributed by atoms with van der Waals surface area (Å²) in [6.07, 6.45) is 3.94. The number of benzene rings is 1. The first-order chi connectivity index (χ1) is 9.74. The second-order valence-corrected chi connectivity index (χ2v) is 6.18. The minimum absolute atomic E-state index is 0.474. The van der Waals surface area contributed by atoms with Crippen LogP contribution in [0, 0.1) is 0 Å². The van der Waals surface area contributed by atoms with Gasteiger partial charge in [-0.1, -0.05) is 32.0 Å². The highest BCUT2D eigenvalue weighted by Gasteiger charge is 2.07. The summed E-state index contributed by atoms with van der Waals surface area (Å²) in [7, 11) is 0. The molecule has 0 radical (unpaired) electrons. The molecule has 20 heavy (non-hydrogen) atoms. The topological polar surface area (TPSA) is 29.9 Å². The molecule has 0 saturated heterocycles. The lowest BCUT2D eigenvalue weighted by Crippen LogP contribution is -2.24. The van der Waals surface area contributed by atoms with Gasteiger partial charge >= 0.3 is 0 Å². The summed E-state index contributed by atoms with van der Waals surface area (Å²) in [6.45, 7) is 6.01. The van der Waals surface area contributed by atoms with Crippen molar-refractivity contribution >= 4 is 21.4 Å². The fourth-order valence-corrected chi connectivity index (χ4v) is 3.24. The average molecular weight is 285 g/mol. The van der Waals surface area contributed by atoms with Crippen LogP contribution in [0.1, 0.15) is 25.2 Å². The first kappa shape index (κ1) is 13.3. The molecule has 0 aliphatic carbocycles. The Morgan fingerprint density at radius 3 is 3.00 bits per heavy atom. The van der Waals surface area contributed by atoms with Crippen LogP contribution in [0.25, 0.3) is 10.1 Å². The lowest BCUT2D eigenvalue weighted by molar-refractivity contribution is 0.555. The minimum atomic E-state index is 0.474. The van der Waals surface area contributed by atoms with Crippen LogP contribution >= 0.6 is 11.3 Å². The normalized spacial score (nSPS) is 11.6. The fourth-order valence-electron chi connectivity index (χ4n) is 2.29. The predicted molar refractivity (Wildman–Crippen MR) is 85.1 cm³/mol. The quantitative estimate of drug-likeness (QED) is 0.775. The number of hydrogen-bond acceptors (Lipinski definition) is 3. The summed E-state index contributed by atoms with van der Waals surface area (Å²) in [5.41, 5.74) is 1.37. The number of nitrogens with zero attached hydrogens (tertiary/aromatic N) is 2. The van der Waals surface area contributed by atoms with Crippen LogP contribution in [0.5, 0.6) is 0 Å². The van der Waals surface area contributed by atoms with Crippen molar-refractivity contribution in [1.82, 2.24) is 14.9 Å². The number of hydrogen-bond donors (Lipinski definition) is 1. The van der Waals surface area contributed by atoms with Crippen molar-refractivity contribution in [3.63, 3.8) is 0 Å². The van der Waals surface area contributed by atoms with Gasteiger partial charge in [-0.2, -0.15) is 0 Å². The van der Waals surface area contributed by atoms with E-state index in [0.29, 0.717) is 6.04 Å². The van der Waals surface area contributed by atoms with Crippen molar-refractivity contribution in [3.8, 4) is 0 Å². The molecule has 0 fully saturated rings. The molecule has 1 N–H and O–H groups in total. The largest absolute Gasteiger partial charge is 0.329 e. The van der Waals surface area contributed by atoms with Crippen LogP contribution in [0.4, 0.5) is 0 Å². The number of nitrogens with one attached hydrogen (secondary N) is 1. The van der Waals surface area contributed by atoms with Gasteiger partial charge in [0.15, 0.2) is 0 Å². The van der Waals surface area contributed by atoms with E-state index < -0.39 is 0 Å². The molecule has 0 aliphatic rings. The third-order valence-corrected chi connectivity index (χ3v) is 4.38. The Labute approximate surface area is 123 Å². The van der Waals surface area contributed by atoms with Gasteiger partial charge in [-0.15, -0.1) is 11.3 Å². The van der Waals surface area contributed by atoms with Crippen LogP contribution in [0.15, 0.2) is 42.0 Å². The smallest absolute Gasteiger partial charge is 0.122 e. The first-order valence-electron chi connectivity index (χ1n) is 6.92. The summed E-state index contributed by atoms with van der Waals surface area (Å²) in [6, 6.07) is 9.05. The number of thiophene rings is 1. The zero-order valence-electron chi connectivity index (χ0n) is 11.8. The highest BCUT2D eigenvalue weighted by atomic mass is 32.1. The van der Waals surface area contributed by atoms with Gasteiger partial charge in [-0.25, -0.2) is 4.98 Å². The third-order valence-electron chi connectivity index (χ3n) is 3.37. The molecule has 0 amide bonds. The number of fused-ring (bicyclic) bond motifs is 1. The van der Waals surface area contributed by atoms with Crippen LogP contribution in [-0.4, -0.2) is 15.6 Å². The first-order valence-corrected chi connectivity index (χ1v) is 7.80. The van der Waals surface area contributed by atoms with Crippen molar-refractivity contribution in [2.45, 2.75) is 33.0 Å².